The highest BCUT2D eigenvalue weighted by molar-refractivity contribution is 7.13. The lowest BCUT2D eigenvalue weighted by Crippen LogP contribution is -2.04. The van der Waals surface area contributed by atoms with E-state index >= 15 is 0 Å². The summed E-state index contributed by atoms with van der Waals surface area (Å²) in [5, 5.41) is 0. The standard InChI is InChI=1S/C9H7N3S/c1-2-7-9(13-5-12-7)8-6(1)3-10-4-11-8/h3-5H,1-2H2. The molecular weight excluding hydrogens is 182 g/mol. The minimum absolute atomic E-state index is 1.02. The molecule has 0 atom stereocenters. The summed E-state index contributed by atoms with van der Waals surface area (Å²) < 4.78 is 0. The summed E-state index contributed by atoms with van der Waals surface area (Å²) in [6, 6.07) is 0. The molecule has 0 amide bonds. The van der Waals surface area contributed by atoms with Crippen LogP contribution in [0.1, 0.15) is 11.3 Å². The van der Waals surface area contributed by atoms with Gasteiger partial charge in [-0.25, -0.2) is 15.0 Å². The van der Waals surface area contributed by atoms with E-state index in [9.17, 15) is 0 Å². The van der Waals surface area contributed by atoms with E-state index in [1.54, 1.807) is 17.7 Å². The highest BCUT2D eigenvalue weighted by atomic mass is 32.1. The fourth-order valence-corrected chi connectivity index (χ4v) is 2.51. The van der Waals surface area contributed by atoms with E-state index in [0.29, 0.717) is 0 Å². The molecule has 3 nitrogen and oxygen atoms in total. The fraction of sp³-hybridized carbons (Fsp3) is 0.222. The van der Waals surface area contributed by atoms with Gasteiger partial charge in [0.2, 0.25) is 0 Å². The molecule has 2 aromatic rings. The van der Waals surface area contributed by atoms with Crippen molar-refractivity contribution in [2.45, 2.75) is 12.8 Å². The van der Waals surface area contributed by atoms with Gasteiger partial charge in [-0.1, -0.05) is 0 Å². The monoisotopic (exact) mass is 189 g/mol. The number of aromatic nitrogens is 3. The van der Waals surface area contributed by atoms with E-state index in [1.165, 1.54) is 16.1 Å². The minimum atomic E-state index is 1.02. The lowest BCUT2D eigenvalue weighted by Gasteiger charge is -2.12. The van der Waals surface area contributed by atoms with Gasteiger partial charge in [-0.15, -0.1) is 11.3 Å². The third-order valence-corrected chi connectivity index (χ3v) is 3.15. The number of hydrogen-bond donors (Lipinski definition) is 0. The second-order valence-corrected chi connectivity index (χ2v) is 3.88. The van der Waals surface area contributed by atoms with Crippen molar-refractivity contribution >= 4 is 11.3 Å². The third-order valence-electron chi connectivity index (χ3n) is 2.28. The summed E-state index contributed by atoms with van der Waals surface area (Å²) in [6.07, 6.45) is 5.56. The first-order valence-corrected chi connectivity index (χ1v) is 5.05. The highest BCUT2D eigenvalue weighted by Crippen LogP contribution is 2.33. The average Bonchev–Trinajstić information content (AvgIpc) is 2.65. The van der Waals surface area contributed by atoms with Crippen LogP contribution in [0.5, 0.6) is 0 Å². The van der Waals surface area contributed by atoms with E-state index in [-0.39, 0.29) is 0 Å². The predicted molar refractivity (Wildman–Crippen MR) is 50.5 cm³/mol. The van der Waals surface area contributed by atoms with Gasteiger partial charge >= 0.3 is 0 Å². The molecule has 2 heterocycles. The molecule has 64 valence electrons. The molecule has 0 aromatic carbocycles. The third kappa shape index (κ3) is 0.986. The Balaban J connectivity index is 2.30. The van der Waals surface area contributed by atoms with Crippen LogP contribution in [0.15, 0.2) is 18.0 Å². The number of hydrogen-bond acceptors (Lipinski definition) is 4. The maximum absolute atomic E-state index is 4.31. The Labute approximate surface area is 79.5 Å². The van der Waals surface area contributed by atoms with Gasteiger partial charge in [0, 0.05) is 6.20 Å². The molecule has 0 unspecified atom stereocenters. The van der Waals surface area contributed by atoms with Crippen molar-refractivity contribution in [1.29, 1.82) is 0 Å². The summed E-state index contributed by atoms with van der Waals surface area (Å²) in [7, 11) is 0. The van der Waals surface area contributed by atoms with Crippen LogP contribution in [0.25, 0.3) is 10.6 Å². The van der Waals surface area contributed by atoms with Gasteiger partial charge in [0.05, 0.1) is 21.8 Å². The summed E-state index contributed by atoms with van der Waals surface area (Å²) in [5.41, 5.74) is 5.41. The molecule has 0 N–H and O–H groups in total. The lowest BCUT2D eigenvalue weighted by molar-refractivity contribution is 0.886. The largest absolute Gasteiger partial charge is 0.249 e. The summed E-state index contributed by atoms with van der Waals surface area (Å²) >= 11 is 1.67. The molecule has 4 heteroatoms. The Bertz CT molecular complexity index is 450. The van der Waals surface area contributed by atoms with E-state index in [0.717, 1.165) is 18.5 Å². The molecule has 3 rings (SSSR count). The Morgan fingerprint density at radius 3 is 3.23 bits per heavy atom. The smallest absolute Gasteiger partial charge is 0.116 e. The van der Waals surface area contributed by atoms with Crippen LogP contribution in [-0.2, 0) is 12.8 Å². The first-order valence-electron chi connectivity index (χ1n) is 4.17. The topological polar surface area (TPSA) is 38.7 Å². The SMILES string of the molecule is c1ncc2c(n1)-c1scnc1CC2. The molecule has 0 bridgehead atoms. The zero-order valence-electron chi connectivity index (χ0n) is 6.90. The van der Waals surface area contributed by atoms with Crippen LogP contribution in [0.2, 0.25) is 0 Å². The van der Waals surface area contributed by atoms with E-state index < -0.39 is 0 Å². The predicted octanol–water partition coefficient (Wildman–Crippen LogP) is 1.70. The number of thiazole rings is 1. The second-order valence-electron chi connectivity index (χ2n) is 3.02. The molecule has 13 heavy (non-hydrogen) atoms. The highest BCUT2D eigenvalue weighted by Gasteiger charge is 2.19. The molecule has 1 aliphatic carbocycles. The van der Waals surface area contributed by atoms with Crippen molar-refractivity contribution in [2.75, 3.05) is 0 Å². The Morgan fingerprint density at radius 2 is 2.23 bits per heavy atom. The molecule has 0 saturated carbocycles. The van der Waals surface area contributed by atoms with Crippen LogP contribution >= 0.6 is 11.3 Å². The van der Waals surface area contributed by atoms with Crippen molar-refractivity contribution < 1.29 is 0 Å². The summed E-state index contributed by atoms with van der Waals surface area (Å²) in [4.78, 5) is 13.9. The molecule has 0 spiro atoms. The lowest BCUT2D eigenvalue weighted by atomic mass is 10.00. The summed E-state index contributed by atoms with van der Waals surface area (Å²) in [6.45, 7) is 0. The van der Waals surface area contributed by atoms with Crippen molar-refractivity contribution in [2.24, 2.45) is 0 Å². The number of fused-ring (bicyclic) bond motifs is 3. The molecule has 0 saturated heterocycles. The molecular formula is C9H7N3S. The van der Waals surface area contributed by atoms with E-state index in [1.807, 2.05) is 11.7 Å². The average molecular weight is 189 g/mol. The molecule has 2 aromatic heterocycles. The maximum Gasteiger partial charge on any atom is 0.116 e. The maximum atomic E-state index is 4.31. The number of nitrogens with zero attached hydrogens (tertiary/aromatic N) is 3. The normalized spacial score (nSPS) is 13.5. The van der Waals surface area contributed by atoms with Crippen LogP contribution in [0, 0.1) is 0 Å². The van der Waals surface area contributed by atoms with Crippen LogP contribution in [0.4, 0.5) is 0 Å². The summed E-state index contributed by atoms with van der Waals surface area (Å²) in [5.74, 6) is 0. The van der Waals surface area contributed by atoms with Crippen LogP contribution in [-0.4, -0.2) is 15.0 Å². The van der Waals surface area contributed by atoms with Gasteiger partial charge in [0.25, 0.3) is 0 Å². The minimum Gasteiger partial charge on any atom is -0.249 e. The van der Waals surface area contributed by atoms with Crippen molar-refractivity contribution in [3.8, 4) is 10.6 Å². The second kappa shape index (κ2) is 2.60. The molecule has 0 radical (unpaired) electrons. The molecule has 1 aliphatic rings. The quantitative estimate of drug-likeness (QED) is 0.633. The number of aryl methyl sites for hydroxylation is 2. The molecule has 0 fully saturated rings. The first kappa shape index (κ1) is 7.15. The zero-order chi connectivity index (χ0) is 8.67. The Morgan fingerprint density at radius 1 is 1.23 bits per heavy atom. The number of rotatable bonds is 0. The van der Waals surface area contributed by atoms with Gasteiger partial charge < -0.3 is 0 Å². The van der Waals surface area contributed by atoms with Crippen molar-refractivity contribution in [3.63, 3.8) is 0 Å². The van der Waals surface area contributed by atoms with Crippen molar-refractivity contribution in [3.05, 3.63) is 29.3 Å². The zero-order valence-corrected chi connectivity index (χ0v) is 7.71. The Kier molecular flexibility index (Phi) is 1.43. The van der Waals surface area contributed by atoms with E-state index in [4.69, 9.17) is 0 Å². The van der Waals surface area contributed by atoms with Gasteiger partial charge in [0.1, 0.15) is 6.33 Å². The van der Waals surface area contributed by atoms with Crippen molar-refractivity contribution in [1.82, 2.24) is 15.0 Å². The Hall–Kier alpha value is -1.29. The van der Waals surface area contributed by atoms with E-state index in [2.05, 4.69) is 15.0 Å². The van der Waals surface area contributed by atoms with Gasteiger partial charge in [0.15, 0.2) is 0 Å². The van der Waals surface area contributed by atoms with Gasteiger partial charge in [-0.2, -0.15) is 0 Å². The fourth-order valence-electron chi connectivity index (χ4n) is 1.64. The van der Waals surface area contributed by atoms with Crippen LogP contribution in [0.3, 0.4) is 0 Å². The van der Waals surface area contributed by atoms with Gasteiger partial charge in [-0.05, 0) is 18.4 Å². The van der Waals surface area contributed by atoms with Crippen LogP contribution < -0.4 is 0 Å². The van der Waals surface area contributed by atoms with Gasteiger partial charge in [-0.3, -0.25) is 0 Å². The molecule has 0 aliphatic heterocycles. The first-order chi connectivity index (χ1) is 6.45.